The van der Waals surface area contributed by atoms with Gasteiger partial charge in [0.25, 0.3) is 0 Å². The van der Waals surface area contributed by atoms with Crippen LogP contribution in [0.1, 0.15) is 44.1 Å². The number of aryl methyl sites for hydroxylation is 1. The maximum absolute atomic E-state index is 12.7. The van der Waals surface area contributed by atoms with Crippen molar-refractivity contribution in [1.82, 2.24) is 0 Å². The van der Waals surface area contributed by atoms with E-state index < -0.39 is 8.03 Å². The molecule has 0 saturated heterocycles. The number of hydrogen-bond donors (Lipinski definition) is 0. The molecule has 3 heteroatoms. The van der Waals surface area contributed by atoms with Gasteiger partial charge in [0.05, 0.1) is 0 Å². The van der Waals surface area contributed by atoms with Crippen LogP contribution in [0.15, 0.2) is 24.3 Å². The van der Waals surface area contributed by atoms with Crippen LogP contribution in [0.25, 0.3) is 0 Å². The fraction of sp³-hybridized carbons (Fsp3) is 0.647. The van der Waals surface area contributed by atoms with Gasteiger partial charge in [-0.2, -0.15) is 0 Å². The van der Waals surface area contributed by atoms with Crippen molar-refractivity contribution in [3.05, 3.63) is 29.8 Å². The Morgan fingerprint density at radius 1 is 1.05 bits per heavy atom. The third-order valence-electron chi connectivity index (χ3n) is 5.57. The van der Waals surface area contributed by atoms with Crippen molar-refractivity contribution in [2.75, 3.05) is 0 Å². The molecule has 1 aromatic carbocycles. The minimum absolute atomic E-state index is 0.0650. The molecule has 4 fully saturated rings. The Balaban J connectivity index is 1.57. The summed E-state index contributed by atoms with van der Waals surface area (Å²) in [7, 11) is -1.71. The first-order valence-corrected chi connectivity index (χ1v) is 9.03. The van der Waals surface area contributed by atoms with Gasteiger partial charge in [-0.25, -0.2) is 0 Å². The molecule has 2 nitrogen and oxygen atoms in total. The van der Waals surface area contributed by atoms with Crippen LogP contribution in [0.2, 0.25) is 0 Å². The van der Waals surface area contributed by atoms with Crippen LogP contribution in [0.3, 0.4) is 0 Å². The van der Waals surface area contributed by atoms with E-state index in [-0.39, 0.29) is 5.60 Å². The van der Waals surface area contributed by atoms with Crippen LogP contribution >= 0.6 is 8.03 Å². The smallest absolute Gasteiger partial charge is 0.135 e. The second-order valence-electron chi connectivity index (χ2n) is 7.24. The lowest BCUT2D eigenvalue weighted by Crippen LogP contribution is -2.51. The second kappa shape index (κ2) is 4.64. The monoisotopic (exact) mass is 289 g/mol. The van der Waals surface area contributed by atoms with Crippen LogP contribution in [-0.4, -0.2) is 5.60 Å². The van der Waals surface area contributed by atoms with E-state index in [2.05, 4.69) is 0 Å². The average Bonchev–Trinajstić information content (AvgIpc) is 2.36. The topological polar surface area (TPSA) is 26.3 Å². The van der Waals surface area contributed by atoms with Gasteiger partial charge in [0.15, 0.2) is 0 Å². The van der Waals surface area contributed by atoms with Crippen LogP contribution in [0.5, 0.6) is 0 Å². The molecule has 0 spiro atoms. The maximum Gasteiger partial charge on any atom is 0.549 e. The molecule has 4 saturated carbocycles. The summed E-state index contributed by atoms with van der Waals surface area (Å²) < 4.78 is 18.9. The lowest BCUT2D eigenvalue weighted by Gasteiger charge is -2.53. The molecule has 0 aliphatic heterocycles. The van der Waals surface area contributed by atoms with Gasteiger partial charge in [0.2, 0.25) is 5.30 Å². The molecule has 0 amide bonds. The van der Waals surface area contributed by atoms with Crippen molar-refractivity contribution in [2.45, 2.75) is 51.0 Å². The summed E-state index contributed by atoms with van der Waals surface area (Å²) in [5.74, 6) is 2.50. The van der Waals surface area contributed by atoms with Crippen molar-refractivity contribution >= 4 is 13.3 Å². The molecule has 0 heterocycles. The van der Waals surface area contributed by atoms with Crippen LogP contribution in [0.4, 0.5) is 0 Å². The highest BCUT2D eigenvalue weighted by atomic mass is 31.1. The molecule has 1 atom stereocenters. The zero-order valence-electron chi connectivity index (χ0n) is 12.0. The van der Waals surface area contributed by atoms with E-state index in [4.69, 9.17) is 4.52 Å². The summed E-state index contributed by atoms with van der Waals surface area (Å²) in [6.45, 7) is 2.02. The summed E-state index contributed by atoms with van der Waals surface area (Å²) in [4.78, 5) is 0. The highest BCUT2D eigenvalue weighted by Crippen LogP contribution is 2.59. The molecule has 0 radical (unpaired) electrons. The molecule has 4 aliphatic carbocycles. The van der Waals surface area contributed by atoms with Crippen molar-refractivity contribution in [1.29, 1.82) is 0 Å². The van der Waals surface area contributed by atoms with Gasteiger partial charge in [-0.3, -0.25) is 0 Å². The first kappa shape index (κ1) is 13.0. The Bertz CT molecular complexity index is 516. The van der Waals surface area contributed by atoms with Crippen LogP contribution < -0.4 is 5.30 Å². The molecule has 1 aromatic rings. The Morgan fingerprint density at radius 2 is 1.60 bits per heavy atom. The predicted molar refractivity (Wildman–Crippen MR) is 80.4 cm³/mol. The number of benzene rings is 1. The number of hydrogen-bond acceptors (Lipinski definition) is 2. The first-order chi connectivity index (χ1) is 9.63. The zero-order valence-corrected chi connectivity index (χ0v) is 12.9. The second-order valence-corrected chi connectivity index (χ2v) is 8.41. The highest BCUT2D eigenvalue weighted by molar-refractivity contribution is 7.48. The molecular weight excluding hydrogens is 267 g/mol. The van der Waals surface area contributed by atoms with Gasteiger partial charge >= 0.3 is 8.03 Å². The van der Waals surface area contributed by atoms with Crippen molar-refractivity contribution < 1.29 is 9.09 Å². The molecule has 20 heavy (non-hydrogen) atoms. The van der Waals surface area contributed by atoms with Gasteiger partial charge in [0, 0.05) is 5.56 Å². The van der Waals surface area contributed by atoms with E-state index >= 15 is 0 Å². The van der Waals surface area contributed by atoms with E-state index in [9.17, 15) is 4.57 Å². The Kier molecular flexibility index (Phi) is 3.01. The summed E-state index contributed by atoms with van der Waals surface area (Å²) in [6, 6.07) is 7.92. The zero-order chi connectivity index (χ0) is 13.7. The van der Waals surface area contributed by atoms with Crippen LogP contribution in [0, 0.1) is 24.7 Å². The molecule has 1 unspecified atom stereocenters. The summed E-state index contributed by atoms with van der Waals surface area (Å²) in [5, 5.41) is 0.887. The van der Waals surface area contributed by atoms with Crippen molar-refractivity contribution in [3.8, 4) is 0 Å². The lowest BCUT2D eigenvalue weighted by atomic mass is 9.54. The summed E-state index contributed by atoms with van der Waals surface area (Å²) in [6.07, 6.45) is 7.61. The maximum atomic E-state index is 12.7. The molecule has 4 aliphatic rings. The Morgan fingerprint density at radius 3 is 2.15 bits per heavy atom. The fourth-order valence-electron chi connectivity index (χ4n) is 5.14. The van der Waals surface area contributed by atoms with Crippen molar-refractivity contribution in [3.63, 3.8) is 0 Å². The molecule has 4 bridgehead atoms. The molecule has 5 rings (SSSR count). The van der Waals surface area contributed by atoms with Crippen molar-refractivity contribution in [2.24, 2.45) is 17.8 Å². The van der Waals surface area contributed by atoms with E-state index in [0.29, 0.717) is 0 Å². The van der Waals surface area contributed by atoms with Gasteiger partial charge in [-0.05, 0) is 73.8 Å². The van der Waals surface area contributed by atoms with Gasteiger partial charge in [0.1, 0.15) is 5.60 Å². The Labute approximate surface area is 121 Å². The van der Waals surface area contributed by atoms with E-state index in [0.717, 1.165) is 47.9 Å². The SMILES string of the molecule is Cc1ccccc1[P+](=O)OC12CC3CC(CC(C3)C1)C2. The molecule has 0 aromatic heterocycles. The van der Waals surface area contributed by atoms with E-state index in [1.54, 1.807) is 0 Å². The third-order valence-corrected chi connectivity index (χ3v) is 7.02. The first-order valence-electron chi connectivity index (χ1n) is 7.86. The largest absolute Gasteiger partial charge is 0.549 e. The molecular formula is C17H22O2P+. The Hall–Kier alpha value is -0.720. The normalized spacial score (nSPS) is 39.0. The third kappa shape index (κ3) is 2.14. The average molecular weight is 289 g/mol. The van der Waals surface area contributed by atoms with E-state index in [1.807, 2.05) is 31.2 Å². The standard InChI is InChI=1S/C17H22O2P/c1-12-4-2-3-5-16(12)20(18)19-17-9-13-6-14(10-17)8-15(7-13)11-17/h2-5,13-15H,6-11H2,1H3/q+1. The minimum atomic E-state index is -1.71. The minimum Gasteiger partial charge on any atom is -0.135 e. The predicted octanol–water partition coefficient (Wildman–Crippen LogP) is 4.35. The van der Waals surface area contributed by atoms with Gasteiger partial charge < -0.3 is 0 Å². The van der Waals surface area contributed by atoms with Gasteiger partial charge in [-0.1, -0.05) is 18.2 Å². The van der Waals surface area contributed by atoms with E-state index in [1.165, 1.54) is 19.3 Å². The fourth-order valence-corrected chi connectivity index (χ4v) is 6.38. The summed E-state index contributed by atoms with van der Waals surface area (Å²) >= 11 is 0. The number of rotatable bonds is 3. The molecule has 0 N–H and O–H groups in total. The van der Waals surface area contributed by atoms with Gasteiger partial charge in [-0.15, -0.1) is 4.52 Å². The lowest BCUT2D eigenvalue weighted by molar-refractivity contribution is -0.103. The molecule has 106 valence electrons. The highest BCUT2D eigenvalue weighted by Gasteiger charge is 2.55. The quantitative estimate of drug-likeness (QED) is 0.773. The summed E-state index contributed by atoms with van der Waals surface area (Å²) in [5.41, 5.74) is 1.02. The van der Waals surface area contributed by atoms with Crippen LogP contribution in [-0.2, 0) is 9.09 Å².